The van der Waals surface area contributed by atoms with Crippen LogP contribution in [0.2, 0.25) is 0 Å². The Kier molecular flexibility index (Phi) is 4.79. The fourth-order valence-corrected chi connectivity index (χ4v) is 4.45. The summed E-state index contributed by atoms with van der Waals surface area (Å²) in [5.74, 6) is 0.377. The van der Waals surface area contributed by atoms with Crippen LogP contribution in [0.25, 0.3) is 0 Å². The van der Waals surface area contributed by atoms with Crippen molar-refractivity contribution in [2.45, 2.75) is 63.7 Å². The zero-order chi connectivity index (χ0) is 17.4. The average molecular weight is 356 g/mol. The monoisotopic (exact) mass is 356 g/mol. The van der Waals surface area contributed by atoms with Crippen LogP contribution in [0.4, 0.5) is 13.2 Å². The fourth-order valence-electron chi connectivity index (χ4n) is 4.45. The topological polar surface area (TPSA) is 33.1 Å². The number of hydrogen-bond donors (Lipinski definition) is 1. The lowest BCUT2D eigenvalue weighted by atomic mass is 9.82. The quantitative estimate of drug-likeness (QED) is 0.898. The number of rotatable bonds is 4. The molecule has 2 aliphatic heterocycles. The van der Waals surface area contributed by atoms with Crippen LogP contribution < -0.4 is 5.32 Å². The molecule has 0 unspecified atom stereocenters. The van der Waals surface area contributed by atoms with Gasteiger partial charge in [0, 0.05) is 25.6 Å². The summed E-state index contributed by atoms with van der Waals surface area (Å²) in [6.45, 7) is 4.55. The average Bonchev–Trinajstić information content (AvgIpc) is 2.94. The van der Waals surface area contributed by atoms with Crippen molar-refractivity contribution in [3.8, 4) is 0 Å². The molecule has 0 spiro atoms. The summed E-state index contributed by atoms with van der Waals surface area (Å²) in [5.41, 5.74) is 1.45. The van der Waals surface area contributed by atoms with Crippen molar-refractivity contribution in [2.24, 2.45) is 5.92 Å². The Labute approximate surface area is 146 Å². The van der Waals surface area contributed by atoms with E-state index in [1.807, 2.05) is 0 Å². The molecule has 7 heteroatoms. The molecule has 2 fully saturated rings. The molecule has 0 bridgehead atoms. The summed E-state index contributed by atoms with van der Waals surface area (Å²) >= 11 is 0. The van der Waals surface area contributed by atoms with Crippen molar-refractivity contribution in [1.82, 2.24) is 19.8 Å². The molecule has 1 saturated heterocycles. The Morgan fingerprint density at radius 2 is 1.84 bits per heavy atom. The SMILES string of the molecule is FC(F)(F)c1nc(C2CCN(CCC3CCC3)CC2)c2n1CCNC2. The highest BCUT2D eigenvalue weighted by Gasteiger charge is 2.40. The molecule has 25 heavy (non-hydrogen) atoms. The predicted octanol–water partition coefficient (Wildman–Crippen LogP) is 3.37. The fraction of sp³-hybridized carbons (Fsp3) is 0.833. The number of likely N-dealkylation sites (tertiary alicyclic amines) is 1. The van der Waals surface area contributed by atoms with Crippen LogP contribution in [0.15, 0.2) is 0 Å². The number of nitrogens with zero attached hydrogens (tertiary/aromatic N) is 3. The van der Waals surface area contributed by atoms with E-state index in [1.165, 1.54) is 30.3 Å². The molecule has 0 radical (unpaired) electrons. The molecule has 140 valence electrons. The molecule has 0 aromatic carbocycles. The minimum absolute atomic E-state index is 0.164. The van der Waals surface area contributed by atoms with Crippen molar-refractivity contribution in [1.29, 1.82) is 0 Å². The van der Waals surface area contributed by atoms with E-state index in [-0.39, 0.29) is 5.92 Å². The van der Waals surface area contributed by atoms with E-state index in [1.54, 1.807) is 0 Å². The van der Waals surface area contributed by atoms with Crippen molar-refractivity contribution < 1.29 is 13.2 Å². The van der Waals surface area contributed by atoms with Gasteiger partial charge in [-0.15, -0.1) is 0 Å². The lowest BCUT2D eigenvalue weighted by Gasteiger charge is -2.34. The van der Waals surface area contributed by atoms with Crippen LogP contribution in [0.3, 0.4) is 0 Å². The third-order valence-electron chi connectivity index (χ3n) is 6.21. The number of hydrogen-bond acceptors (Lipinski definition) is 3. The lowest BCUT2D eigenvalue weighted by Crippen LogP contribution is -2.36. The second kappa shape index (κ2) is 6.91. The molecule has 4 nitrogen and oxygen atoms in total. The van der Waals surface area contributed by atoms with Gasteiger partial charge in [-0.1, -0.05) is 19.3 Å². The van der Waals surface area contributed by atoms with E-state index in [0.29, 0.717) is 25.3 Å². The first-order chi connectivity index (χ1) is 12.0. The number of nitrogens with one attached hydrogen (secondary N) is 1. The van der Waals surface area contributed by atoms with E-state index in [9.17, 15) is 13.2 Å². The molecular weight excluding hydrogens is 329 g/mol. The van der Waals surface area contributed by atoms with E-state index in [4.69, 9.17) is 0 Å². The molecule has 1 aromatic heterocycles. The van der Waals surface area contributed by atoms with Crippen LogP contribution in [0.5, 0.6) is 0 Å². The second-order valence-electron chi connectivity index (χ2n) is 7.80. The predicted molar refractivity (Wildman–Crippen MR) is 89.3 cm³/mol. The van der Waals surface area contributed by atoms with Gasteiger partial charge in [0.05, 0.1) is 11.4 Å². The van der Waals surface area contributed by atoms with Crippen LogP contribution in [-0.4, -0.2) is 40.6 Å². The van der Waals surface area contributed by atoms with Gasteiger partial charge in [0.1, 0.15) is 0 Å². The number of piperidine rings is 1. The third-order valence-corrected chi connectivity index (χ3v) is 6.21. The Morgan fingerprint density at radius 1 is 1.08 bits per heavy atom. The highest BCUT2D eigenvalue weighted by atomic mass is 19.4. The smallest absolute Gasteiger partial charge is 0.322 e. The van der Waals surface area contributed by atoms with Gasteiger partial charge >= 0.3 is 6.18 Å². The van der Waals surface area contributed by atoms with Gasteiger partial charge in [-0.25, -0.2) is 4.98 Å². The maximum Gasteiger partial charge on any atom is 0.449 e. The molecular formula is C18H27F3N4. The number of fused-ring (bicyclic) bond motifs is 1. The van der Waals surface area contributed by atoms with Crippen LogP contribution >= 0.6 is 0 Å². The number of halogens is 3. The molecule has 3 heterocycles. The molecule has 1 saturated carbocycles. The third kappa shape index (κ3) is 3.58. The first-order valence-corrected chi connectivity index (χ1v) is 9.62. The summed E-state index contributed by atoms with van der Waals surface area (Å²) in [6, 6.07) is 0. The summed E-state index contributed by atoms with van der Waals surface area (Å²) in [6.07, 6.45) is 2.90. The first-order valence-electron chi connectivity index (χ1n) is 9.62. The minimum atomic E-state index is -4.37. The van der Waals surface area contributed by atoms with Gasteiger partial charge in [-0.3, -0.25) is 0 Å². The summed E-state index contributed by atoms with van der Waals surface area (Å²) < 4.78 is 41.4. The standard InChI is InChI=1S/C18H27F3N4/c19-18(20,21)17-23-16(15-12-22-7-11-25(15)17)14-5-9-24(10-6-14)8-4-13-2-1-3-13/h13-14,22H,1-12H2. The number of alkyl halides is 3. The normalized spacial score (nSPS) is 23.5. The zero-order valence-electron chi connectivity index (χ0n) is 14.6. The second-order valence-corrected chi connectivity index (χ2v) is 7.80. The van der Waals surface area contributed by atoms with Gasteiger partial charge in [0.2, 0.25) is 5.82 Å². The van der Waals surface area contributed by atoms with E-state index in [2.05, 4.69) is 15.2 Å². The Hall–Kier alpha value is -1.08. The Morgan fingerprint density at radius 3 is 2.48 bits per heavy atom. The van der Waals surface area contributed by atoms with E-state index in [0.717, 1.165) is 44.1 Å². The largest absolute Gasteiger partial charge is 0.449 e. The molecule has 1 aliphatic carbocycles. The molecule has 1 N–H and O–H groups in total. The minimum Gasteiger partial charge on any atom is -0.322 e. The van der Waals surface area contributed by atoms with Gasteiger partial charge < -0.3 is 14.8 Å². The number of aromatic nitrogens is 2. The molecule has 0 amide bonds. The first kappa shape index (κ1) is 17.3. The molecule has 3 aliphatic rings. The van der Waals surface area contributed by atoms with Crippen molar-refractivity contribution in [3.63, 3.8) is 0 Å². The van der Waals surface area contributed by atoms with Gasteiger partial charge in [0.25, 0.3) is 0 Å². The summed E-state index contributed by atoms with van der Waals surface area (Å²) in [5, 5.41) is 3.20. The lowest BCUT2D eigenvalue weighted by molar-refractivity contribution is -0.147. The van der Waals surface area contributed by atoms with Crippen molar-refractivity contribution in [3.05, 3.63) is 17.2 Å². The van der Waals surface area contributed by atoms with E-state index >= 15 is 0 Å². The number of imidazole rings is 1. The maximum absolute atomic E-state index is 13.3. The van der Waals surface area contributed by atoms with E-state index < -0.39 is 12.0 Å². The highest BCUT2D eigenvalue weighted by Crippen LogP contribution is 2.37. The molecule has 4 rings (SSSR count). The maximum atomic E-state index is 13.3. The molecule has 1 aromatic rings. The summed E-state index contributed by atoms with van der Waals surface area (Å²) in [7, 11) is 0. The Bertz CT molecular complexity index is 598. The van der Waals surface area contributed by atoms with Crippen LogP contribution in [0, 0.1) is 5.92 Å². The van der Waals surface area contributed by atoms with Crippen molar-refractivity contribution >= 4 is 0 Å². The van der Waals surface area contributed by atoms with Crippen molar-refractivity contribution in [2.75, 3.05) is 26.2 Å². The Balaban J connectivity index is 1.43. The summed E-state index contributed by atoms with van der Waals surface area (Å²) in [4.78, 5) is 6.57. The van der Waals surface area contributed by atoms with Gasteiger partial charge in [-0.2, -0.15) is 13.2 Å². The van der Waals surface area contributed by atoms with Gasteiger partial charge in [0.15, 0.2) is 0 Å². The van der Waals surface area contributed by atoms with Crippen LogP contribution in [0.1, 0.15) is 61.7 Å². The van der Waals surface area contributed by atoms with Gasteiger partial charge in [-0.05, 0) is 44.8 Å². The highest BCUT2D eigenvalue weighted by molar-refractivity contribution is 5.24. The van der Waals surface area contributed by atoms with Crippen LogP contribution in [-0.2, 0) is 19.3 Å². The zero-order valence-corrected chi connectivity index (χ0v) is 14.6. The molecule has 0 atom stereocenters.